The Morgan fingerprint density at radius 3 is 2.35 bits per heavy atom. The van der Waals surface area contributed by atoms with Crippen molar-refractivity contribution >= 4 is 0 Å². The van der Waals surface area contributed by atoms with Crippen LogP contribution < -0.4 is 0 Å². The molecule has 0 saturated carbocycles. The number of nitrogens with zero attached hydrogens (tertiary/aromatic N) is 2. The molecular formula is C15H17F3N2. The van der Waals surface area contributed by atoms with Gasteiger partial charge in [-0.1, -0.05) is 24.1 Å². The van der Waals surface area contributed by atoms with E-state index in [0.717, 1.165) is 32.2 Å². The number of halogens is 3. The first-order valence-corrected chi connectivity index (χ1v) is 6.53. The maximum Gasteiger partial charge on any atom is 0.416 e. The highest BCUT2D eigenvalue weighted by Crippen LogP contribution is 2.29. The first-order valence-electron chi connectivity index (χ1n) is 6.53. The lowest BCUT2D eigenvalue weighted by Crippen LogP contribution is -2.45. The van der Waals surface area contributed by atoms with Gasteiger partial charge in [-0.05, 0) is 11.6 Å². The van der Waals surface area contributed by atoms with Gasteiger partial charge in [-0.2, -0.15) is 13.2 Å². The monoisotopic (exact) mass is 282 g/mol. The molecule has 0 amide bonds. The Bertz CT molecular complexity index is 483. The topological polar surface area (TPSA) is 6.48 Å². The van der Waals surface area contributed by atoms with Crippen LogP contribution in [-0.2, 0) is 12.7 Å². The van der Waals surface area contributed by atoms with Gasteiger partial charge in [0.2, 0.25) is 0 Å². The molecule has 0 radical (unpaired) electrons. The molecule has 0 bridgehead atoms. The highest BCUT2D eigenvalue weighted by atomic mass is 19.4. The molecule has 0 aromatic heterocycles. The number of hydrogen-bond donors (Lipinski definition) is 0. The number of hydrogen-bond acceptors (Lipinski definition) is 2. The molecule has 1 heterocycles. The standard InChI is InChI=1S/C15H17F3N2/c1-2-6-19-7-9-20(10-8-19)12-13-4-3-5-14(11-13)15(16,17)18/h1,3-5,11H,6-10,12H2. The van der Waals surface area contributed by atoms with E-state index in [9.17, 15) is 13.2 Å². The molecule has 1 aliphatic rings. The molecule has 1 aromatic rings. The highest BCUT2D eigenvalue weighted by molar-refractivity contribution is 5.25. The predicted octanol–water partition coefficient (Wildman–Crippen LogP) is 2.46. The number of terminal acetylenes is 1. The van der Waals surface area contributed by atoms with Crippen molar-refractivity contribution in [2.75, 3.05) is 32.7 Å². The van der Waals surface area contributed by atoms with Crippen LogP contribution in [0.25, 0.3) is 0 Å². The summed E-state index contributed by atoms with van der Waals surface area (Å²) in [5.41, 5.74) is 0.117. The van der Waals surface area contributed by atoms with Crippen molar-refractivity contribution < 1.29 is 13.2 Å². The fraction of sp³-hybridized carbons (Fsp3) is 0.467. The zero-order valence-electron chi connectivity index (χ0n) is 11.2. The van der Waals surface area contributed by atoms with Crippen molar-refractivity contribution in [3.05, 3.63) is 35.4 Å². The van der Waals surface area contributed by atoms with Crippen molar-refractivity contribution in [3.8, 4) is 12.3 Å². The second-order valence-electron chi connectivity index (χ2n) is 4.95. The van der Waals surface area contributed by atoms with E-state index < -0.39 is 11.7 Å². The van der Waals surface area contributed by atoms with Gasteiger partial charge < -0.3 is 0 Å². The molecule has 0 spiro atoms. The van der Waals surface area contributed by atoms with Crippen molar-refractivity contribution in [2.24, 2.45) is 0 Å². The number of benzene rings is 1. The average Bonchev–Trinajstić information content (AvgIpc) is 2.41. The Hall–Kier alpha value is -1.51. The van der Waals surface area contributed by atoms with Crippen molar-refractivity contribution in [1.82, 2.24) is 9.80 Å². The van der Waals surface area contributed by atoms with E-state index in [1.54, 1.807) is 6.07 Å². The Morgan fingerprint density at radius 2 is 1.75 bits per heavy atom. The quantitative estimate of drug-likeness (QED) is 0.786. The number of piperazine rings is 1. The van der Waals surface area contributed by atoms with Crippen molar-refractivity contribution in [2.45, 2.75) is 12.7 Å². The van der Waals surface area contributed by atoms with Crippen LogP contribution in [0.15, 0.2) is 24.3 Å². The molecule has 1 saturated heterocycles. The fourth-order valence-electron chi connectivity index (χ4n) is 2.34. The molecule has 1 aromatic carbocycles. The van der Waals surface area contributed by atoms with Gasteiger partial charge in [0.15, 0.2) is 0 Å². The first kappa shape index (κ1) is 14.9. The summed E-state index contributed by atoms with van der Waals surface area (Å²) in [5, 5.41) is 0. The second-order valence-corrected chi connectivity index (χ2v) is 4.95. The lowest BCUT2D eigenvalue weighted by molar-refractivity contribution is -0.137. The molecule has 2 nitrogen and oxygen atoms in total. The zero-order valence-corrected chi connectivity index (χ0v) is 11.2. The molecule has 108 valence electrons. The summed E-state index contributed by atoms with van der Waals surface area (Å²) >= 11 is 0. The van der Waals surface area contributed by atoms with Gasteiger partial charge in [0.1, 0.15) is 0 Å². The summed E-state index contributed by atoms with van der Waals surface area (Å²) in [5.74, 6) is 2.61. The summed E-state index contributed by atoms with van der Waals surface area (Å²) in [6.07, 6.45) is 0.987. The second kappa shape index (κ2) is 6.29. The molecular weight excluding hydrogens is 265 g/mol. The lowest BCUT2D eigenvalue weighted by Gasteiger charge is -2.33. The van der Waals surface area contributed by atoms with Crippen LogP contribution in [0.2, 0.25) is 0 Å². The van der Waals surface area contributed by atoms with E-state index in [4.69, 9.17) is 6.42 Å². The number of alkyl halides is 3. The third kappa shape index (κ3) is 3.99. The molecule has 0 atom stereocenters. The minimum Gasteiger partial charge on any atom is -0.297 e. The molecule has 0 unspecified atom stereocenters. The smallest absolute Gasteiger partial charge is 0.297 e. The minimum absolute atomic E-state index is 0.549. The van der Waals surface area contributed by atoms with Gasteiger partial charge in [-0.25, -0.2) is 0 Å². The SMILES string of the molecule is C#CCN1CCN(Cc2cccc(C(F)(F)F)c2)CC1. The maximum atomic E-state index is 12.6. The molecule has 1 aliphatic heterocycles. The fourth-order valence-corrected chi connectivity index (χ4v) is 2.34. The molecule has 0 N–H and O–H groups in total. The third-order valence-electron chi connectivity index (χ3n) is 3.44. The number of rotatable bonds is 3. The summed E-state index contributed by atoms with van der Waals surface area (Å²) in [4.78, 5) is 4.32. The van der Waals surface area contributed by atoms with Crippen LogP contribution in [0, 0.1) is 12.3 Å². The van der Waals surface area contributed by atoms with Gasteiger partial charge in [-0.15, -0.1) is 6.42 Å². The third-order valence-corrected chi connectivity index (χ3v) is 3.44. The van der Waals surface area contributed by atoms with Gasteiger partial charge in [0.05, 0.1) is 12.1 Å². The van der Waals surface area contributed by atoms with Crippen molar-refractivity contribution in [1.29, 1.82) is 0 Å². The van der Waals surface area contributed by atoms with Gasteiger partial charge >= 0.3 is 6.18 Å². The van der Waals surface area contributed by atoms with Gasteiger partial charge in [-0.3, -0.25) is 9.80 Å². The van der Waals surface area contributed by atoms with Gasteiger partial charge in [0, 0.05) is 32.7 Å². The molecule has 5 heteroatoms. The van der Waals surface area contributed by atoms with E-state index in [-0.39, 0.29) is 0 Å². The van der Waals surface area contributed by atoms with E-state index in [0.29, 0.717) is 18.7 Å². The molecule has 2 rings (SSSR count). The summed E-state index contributed by atoms with van der Waals surface area (Å²) in [6, 6.07) is 5.54. The minimum atomic E-state index is -4.28. The summed E-state index contributed by atoms with van der Waals surface area (Å²) < 4.78 is 37.9. The van der Waals surface area contributed by atoms with E-state index in [1.807, 2.05) is 0 Å². The van der Waals surface area contributed by atoms with Crippen molar-refractivity contribution in [3.63, 3.8) is 0 Å². The normalized spacial score (nSPS) is 17.9. The van der Waals surface area contributed by atoms with Crippen LogP contribution in [0.3, 0.4) is 0 Å². The molecule has 0 aliphatic carbocycles. The lowest BCUT2D eigenvalue weighted by atomic mass is 10.1. The van der Waals surface area contributed by atoms with Crippen LogP contribution in [-0.4, -0.2) is 42.5 Å². The Kier molecular flexibility index (Phi) is 4.69. The Labute approximate surface area is 117 Å². The van der Waals surface area contributed by atoms with E-state index in [2.05, 4.69) is 15.7 Å². The van der Waals surface area contributed by atoms with Crippen LogP contribution in [0.4, 0.5) is 13.2 Å². The molecule has 20 heavy (non-hydrogen) atoms. The van der Waals surface area contributed by atoms with Crippen LogP contribution in [0.1, 0.15) is 11.1 Å². The van der Waals surface area contributed by atoms with Crippen LogP contribution >= 0.6 is 0 Å². The van der Waals surface area contributed by atoms with Crippen LogP contribution in [0.5, 0.6) is 0 Å². The Balaban J connectivity index is 1.93. The first-order chi connectivity index (χ1) is 9.49. The summed E-state index contributed by atoms with van der Waals surface area (Å²) in [7, 11) is 0. The van der Waals surface area contributed by atoms with E-state index >= 15 is 0 Å². The van der Waals surface area contributed by atoms with Gasteiger partial charge in [0.25, 0.3) is 0 Å². The predicted molar refractivity (Wildman–Crippen MR) is 72.0 cm³/mol. The average molecular weight is 282 g/mol. The largest absolute Gasteiger partial charge is 0.416 e. The maximum absolute atomic E-state index is 12.6. The molecule has 1 fully saturated rings. The van der Waals surface area contributed by atoms with E-state index in [1.165, 1.54) is 12.1 Å². The summed E-state index contributed by atoms with van der Waals surface area (Å²) in [6.45, 7) is 4.58. The Morgan fingerprint density at radius 1 is 1.10 bits per heavy atom. The zero-order chi connectivity index (χ0) is 14.6. The highest BCUT2D eigenvalue weighted by Gasteiger charge is 2.30.